The summed E-state index contributed by atoms with van der Waals surface area (Å²) in [5, 5.41) is 6.77. The Kier molecular flexibility index (Phi) is 3.69. The molecule has 0 radical (unpaired) electrons. The molecule has 0 spiro atoms. The Morgan fingerprint density at radius 2 is 2.17 bits per heavy atom. The number of fused-ring (bicyclic) bond motifs is 2. The summed E-state index contributed by atoms with van der Waals surface area (Å²) < 4.78 is 3.11. The SMILES string of the molecule is Cn1c(NCc2ccc3c(n2)NCCC3)nc2cc(Br)ccc21. The van der Waals surface area contributed by atoms with Crippen LogP contribution in [0.4, 0.5) is 11.8 Å². The second-order valence-electron chi connectivity index (χ2n) is 5.82. The largest absolute Gasteiger partial charge is 0.370 e. The molecule has 0 fully saturated rings. The van der Waals surface area contributed by atoms with Gasteiger partial charge in [0.1, 0.15) is 5.82 Å². The van der Waals surface area contributed by atoms with Gasteiger partial charge in [-0.05, 0) is 42.7 Å². The van der Waals surface area contributed by atoms with Crippen molar-refractivity contribution < 1.29 is 0 Å². The molecule has 0 unspecified atom stereocenters. The van der Waals surface area contributed by atoms with Gasteiger partial charge in [-0.2, -0.15) is 0 Å². The molecule has 6 heteroatoms. The van der Waals surface area contributed by atoms with Crippen molar-refractivity contribution >= 4 is 38.7 Å². The minimum absolute atomic E-state index is 0.660. The van der Waals surface area contributed by atoms with Crippen LogP contribution in [0.15, 0.2) is 34.8 Å². The number of hydrogen-bond acceptors (Lipinski definition) is 4. The van der Waals surface area contributed by atoms with Crippen LogP contribution in [0.25, 0.3) is 11.0 Å². The van der Waals surface area contributed by atoms with E-state index in [1.54, 1.807) is 0 Å². The average Bonchev–Trinajstić information content (AvgIpc) is 2.88. The van der Waals surface area contributed by atoms with Crippen LogP contribution in [0.3, 0.4) is 0 Å². The van der Waals surface area contributed by atoms with E-state index in [2.05, 4.69) is 54.3 Å². The summed E-state index contributed by atoms with van der Waals surface area (Å²) in [6.07, 6.45) is 2.30. The highest BCUT2D eigenvalue weighted by Crippen LogP contribution is 2.23. The van der Waals surface area contributed by atoms with Crippen LogP contribution in [-0.4, -0.2) is 21.1 Å². The van der Waals surface area contributed by atoms with Crippen LogP contribution in [0.1, 0.15) is 17.7 Å². The van der Waals surface area contributed by atoms with E-state index in [1.807, 2.05) is 19.2 Å². The highest BCUT2D eigenvalue weighted by molar-refractivity contribution is 9.10. The number of benzene rings is 1. The fourth-order valence-electron chi connectivity index (χ4n) is 2.97. The van der Waals surface area contributed by atoms with Crippen molar-refractivity contribution in [3.8, 4) is 0 Å². The molecule has 2 N–H and O–H groups in total. The van der Waals surface area contributed by atoms with Crippen LogP contribution < -0.4 is 10.6 Å². The number of halogens is 1. The minimum Gasteiger partial charge on any atom is -0.370 e. The first-order valence-corrected chi connectivity index (χ1v) is 8.58. The van der Waals surface area contributed by atoms with Gasteiger partial charge in [0.25, 0.3) is 0 Å². The van der Waals surface area contributed by atoms with Crippen molar-refractivity contribution in [1.29, 1.82) is 0 Å². The van der Waals surface area contributed by atoms with Gasteiger partial charge in [0.15, 0.2) is 0 Å². The molecule has 4 rings (SSSR count). The van der Waals surface area contributed by atoms with Crippen LogP contribution in [0.2, 0.25) is 0 Å². The zero-order valence-electron chi connectivity index (χ0n) is 12.9. The molecule has 3 heterocycles. The van der Waals surface area contributed by atoms with E-state index >= 15 is 0 Å². The van der Waals surface area contributed by atoms with Gasteiger partial charge < -0.3 is 15.2 Å². The predicted octanol–water partition coefficient (Wildman–Crippen LogP) is 3.70. The highest BCUT2D eigenvalue weighted by Gasteiger charge is 2.11. The maximum atomic E-state index is 4.71. The second kappa shape index (κ2) is 5.85. The average molecular weight is 372 g/mol. The monoisotopic (exact) mass is 371 g/mol. The molecule has 1 aromatic carbocycles. The normalized spacial score (nSPS) is 13.7. The fourth-order valence-corrected chi connectivity index (χ4v) is 3.32. The van der Waals surface area contributed by atoms with Gasteiger partial charge in [0, 0.05) is 18.1 Å². The highest BCUT2D eigenvalue weighted by atomic mass is 79.9. The Morgan fingerprint density at radius 1 is 1.26 bits per heavy atom. The molecule has 118 valence electrons. The molecule has 0 saturated carbocycles. The zero-order valence-corrected chi connectivity index (χ0v) is 14.5. The smallest absolute Gasteiger partial charge is 0.203 e. The standard InChI is InChI=1S/C17H18BrN5/c1-23-15-7-5-12(18)9-14(15)22-17(23)20-10-13-6-4-11-3-2-8-19-16(11)21-13/h4-7,9H,2-3,8,10H2,1H3,(H,19,21)(H,20,22). The van der Waals surface area contributed by atoms with Crippen molar-refractivity contribution in [3.05, 3.63) is 46.1 Å². The first-order chi connectivity index (χ1) is 11.2. The van der Waals surface area contributed by atoms with Crippen molar-refractivity contribution in [2.24, 2.45) is 7.05 Å². The number of imidazole rings is 1. The van der Waals surface area contributed by atoms with Gasteiger partial charge in [0.05, 0.1) is 23.3 Å². The fraction of sp³-hybridized carbons (Fsp3) is 0.294. The molecule has 1 aliphatic rings. The van der Waals surface area contributed by atoms with Crippen LogP contribution in [0.5, 0.6) is 0 Å². The number of rotatable bonds is 3. The third-order valence-corrected chi connectivity index (χ3v) is 4.72. The molecule has 2 aromatic heterocycles. The topological polar surface area (TPSA) is 54.8 Å². The third-order valence-electron chi connectivity index (χ3n) is 4.22. The summed E-state index contributed by atoms with van der Waals surface area (Å²) >= 11 is 3.49. The minimum atomic E-state index is 0.660. The molecule has 0 aliphatic carbocycles. The first kappa shape index (κ1) is 14.5. The number of hydrogen-bond donors (Lipinski definition) is 2. The Balaban J connectivity index is 1.56. The molecule has 0 saturated heterocycles. The van der Waals surface area contributed by atoms with E-state index in [0.29, 0.717) is 6.54 Å². The van der Waals surface area contributed by atoms with E-state index in [4.69, 9.17) is 4.98 Å². The van der Waals surface area contributed by atoms with Crippen LogP contribution in [0, 0.1) is 0 Å². The summed E-state index contributed by atoms with van der Waals surface area (Å²) in [6, 6.07) is 10.4. The van der Waals surface area contributed by atoms with Gasteiger partial charge in [-0.15, -0.1) is 0 Å². The van der Waals surface area contributed by atoms with Crippen molar-refractivity contribution in [3.63, 3.8) is 0 Å². The summed E-state index contributed by atoms with van der Waals surface area (Å²) in [6.45, 7) is 1.67. The molecule has 1 aliphatic heterocycles. The lowest BCUT2D eigenvalue weighted by Crippen LogP contribution is -2.15. The lowest BCUT2D eigenvalue weighted by Gasteiger charge is -2.17. The van der Waals surface area contributed by atoms with Gasteiger partial charge >= 0.3 is 0 Å². The molecule has 3 aromatic rings. The van der Waals surface area contributed by atoms with Crippen molar-refractivity contribution in [2.45, 2.75) is 19.4 Å². The molecule has 5 nitrogen and oxygen atoms in total. The van der Waals surface area contributed by atoms with Crippen molar-refractivity contribution in [1.82, 2.24) is 14.5 Å². The third kappa shape index (κ3) is 2.79. The second-order valence-corrected chi connectivity index (χ2v) is 6.74. The van der Waals surface area contributed by atoms with Crippen LogP contribution in [-0.2, 0) is 20.0 Å². The molecule has 0 amide bonds. The summed E-state index contributed by atoms with van der Waals surface area (Å²) in [5.74, 6) is 1.88. The number of nitrogens with one attached hydrogen (secondary N) is 2. The van der Waals surface area contributed by atoms with E-state index in [0.717, 1.165) is 45.9 Å². The lowest BCUT2D eigenvalue weighted by molar-refractivity contribution is 0.810. The Hall–Kier alpha value is -2.08. The van der Waals surface area contributed by atoms with Gasteiger partial charge in [-0.1, -0.05) is 22.0 Å². The van der Waals surface area contributed by atoms with Gasteiger partial charge in [0.2, 0.25) is 5.95 Å². The predicted molar refractivity (Wildman–Crippen MR) is 96.8 cm³/mol. The summed E-state index contributed by atoms with van der Waals surface area (Å²) in [7, 11) is 2.02. The molecule has 23 heavy (non-hydrogen) atoms. The Labute approximate surface area is 143 Å². The molecular weight excluding hydrogens is 354 g/mol. The number of anilines is 2. The van der Waals surface area contributed by atoms with Gasteiger partial charge in [-0.25, -0.2) is 9.97 Å². The van der Waals surface area contributed by atoms with E-state index < -0.39 is 0 Å². The van der Waals surface area contributed by atoms with Crippen molar-refractivity contribution in [2.75, 3.05) is 17.2 Å². The molecular formula is C17H18BrN5. The van der Waals surface area contributed by atoms with E-state index in [9.17, 15) is 0 Å². The lowest BCUT2D eigenvalue weighted by atomic mass is 10.1. The zero-order chi connectivity index (χ0) is 15.8. The van der Waals surface area contributed by atoms with Crippen LogP contribution >= 0.6 is 15.9 Å². The number of pyridine rings is 1. The number of nitrogens with zero attached hydrogens (tertiary/aromatic N) is 3. The Morgan fingerprint density at radius 3 is 3.09 bits per heavy atom. The number of aryl methyl sites for hydroxylation is 2. The van der Waals surface area contributed by atoms with Gasteiger partial charge in [-0.3, -0.25) is 0 Å². The quantitative estimate of drug-likeness (QED) is 0.736. The van der Waals surface area contributed by atoms with E-state index in [-0.39, 0.29) is 0 Å². The first-order valence-electron chi connectivity index (χ1n) is 7.79. The Bertz CT molecular complexity index is 871. The molecule has 0 atom stereocenters. The summed E-state index contributed by atoms with van der Waals surface area (Å²) in [5.41, 5.74) is 4.42. The van der Waals surface area contributed by atoms with E-state index in [1.165, 1.54) is 12.0 Å². The maximum Gasteiger partial charge on any atom is 0.203 e. The number of aromatic nitrogens is 3. The summed E-state index contributed by atoms with van der Waals surface area (Å²) in [4.78, 5) is 9.36. The maximum absolute atomic E-state index is 4.71. The molecule has 0 bridgehead atoms.